The zero-order valence-corrected chi connectivity index (χ0v) is 10.4. The highest BCUT2D eigenvalue weighted by Gasteiger charge is 2.14. The Balaban J connectivity index is 2.18. The second kappa shape index (κ2) is 5.19. The summed E-state index contributed by atoms with van der Waals surface area (Å²) in [5.74, 6) is 0. The molecule has 2 N–H and O–H groups in total. The van der Waals surface area contributed by atoms with Crippen molar-refractivity contribution in [3.05, 3.63) is 29.3 Å². The molecule has 1 aromatic rings. The van der Waals surface area contributed by atoms with Gasteiger partial charge in [0, 0.05) is 25.8 Å². The Labute approximate surface area is 102 Å². The van der Waals surface area contributed by atoms with E-state index in [9.17, 15) is 4.79 Å². The Bertz CT molecular complexity index is 417. The molecule has 0 fully saturated rings. The van der Waals surface area contributed by atoms with Gasteiger partial charge in [0.15, 0.2) is 0 Å². The van der Waals surface area contributed by atoms with Crippen LogP contribution >= 0.6 is 0 Å². The molecule has 2 amide bonds. The molecule has 4 heteroatoms. The third-order valence-electron chi connectivity index (χ3n) is 3.21. The van der Waals surface area contributed by atoms with Crippen molar-refractivity contribution < 1.29 is 4.79 Å². The summed E-state index contributed by atoms with van der Waals surface area (Å²) in [6.07, 6.45) is 1.03. The van der Waals surface area contributed by atoms with Crippen LogP contribution in [0.3, 0.4) is 0 Å². The number of amides is 2. The number of anilines is 1. The fraction of sp³-hybridized carbons (Fsp3) is 0.462. The molecule has 0 aromatic heterocycles. The third kappa shape index (κ3) is 2.58. The molecule has 1 heterocycles. The van der Waals surface area contributed by atoms with E-state index in [1.165, 1.54) is 11.1 Å². The number of hydrogen-bond donors (Lipinski definition) is 2. The average molecular weight is 233 g/mol. The van der Waals surface area contributed by atoms with Crippen molar-refractivity contribution in [2.45, 2.75) is 19.9 Å². The minimum Gasteiger partial charge on any atom is -0.328 e. The molecule has 0 radical (unpaired) electrons. The maximum atomic E-state index is 11.8. The second-order valence-corrected chi connectivity index (χ2v) is 4.31. The maximum Gasteiger partial charge on any atom is 0.321 e. The number of hydrogen-bond acceptors (Lipinski definition) is 2. The van der Waals surface area contributed by atoms with E-state index in [-0.39, 0.29) is 6.03 Å². The summed E-state index contributed by atoms with van der Waals surface area (Å²) in [7, 11) is 1.79. The van der Waals surface area contributed by atoms with E-state index in [1.54, 1.807) is 11.9 Å². The number of nitrogens with zero attached hydrogens (tertiary/aromatic N) is 1. The van der Waals surface area contributed by atoms with Gasteiger partial charge in [-0.2, -0.15) is 0 Å². The molecule has 4 nitrogen and oxygen atoms in total. The molecule has 2 rings (SSSR count). The molecule has 0 unspecified atom stereocenters. The van der Waals surface area contributed by atoms with Gasteiger partial charge in [0.05, 0.1) is 0 Å². The van der Waals surface area contributed by atoms with Gasteiger partial charge >= 0.3 is 6.03 Å². The van der Waals surface area contributed by atoms with Crippen LogP contribution in [0, 0.1) is 0 Å². The van der Waals surface area contributed by atoms with Crippen LogP contribution in [0.15, 0.2) is 18.2 Å². The number of urea groups is 1. The molecule has 0 spiro atoms. The number of fused-ring (bicyclic) bond motifs is 1. The molecular weight excluding hydrogens is 214 g/mol. The van der Waals surface area contributed by atoms with Crippen LogP contribution < -0.4 is 10.6 Å². The maximum absolute atomic E-state index is 11.8. The van der Waals surface area contributed by atoms with E-state index < -0.39 is 0 Å². The fourth-order valence-corrected chi connectivity index (χ4v) is 1.99. The van der Waals surface area contributed by atoms with Crippen LogP contribution in [0.25, 0.3) is 0 Å². The lowest BCUT2D eigenvalue weighted by Gasteiger charge is -2.22. The first-order valence-electron chi connectivity index (χ1n) is 6.06. The van der Waals surface area contributed by atoms with Crippen molar-refractivity contribution in [3.63, 3.8) is 0 Å². The Morgan fingerprint density at radius 2 is 2.35 bits per heavy atom. The van der Waals surface area contributed by atoms with Crippen molar-refractivity contribution in [1.29, 1.82) is 0 Å². The summed E-state index contributed by atoms with van der Waals surface area (Å²) in [6, 6.07) is 6.06. The van der Waals surface area contributed by atoms with E-state index in [0.29, 0.717) is 6.54 Å². The summed E-state index contributed by atoms with van der Waals surface area (Å²) in [5, 5.41) is 6.30. The van der Waals surface area contributed by atoms with Crippen LogP contribution in [0.2, 0.25) is 0 Å². The second-order valence-electron chi connectivity index (χ2n) is 4.31. The van der Waals surface area contributed by atoms with Gasteiger partial charge < -0.3 is 15.5 Å². The van der Waals surface area contributed by atoms with Gasteiger partial charge in [-0.1, -0.05) is 12.1 Å². The van der Waals surface area contributed by atoms with Crippen molar-refractivity contribution in [2.24, 2.45) is 0 Å². The van der Waals surface area contributed by atoms with Crippen molar-refractivity contribution >= 4 is 11.7 Å². The molecule has 17 heavy (non-hydrogen) atoms. The van der Waals surface area contributed by atoms with E-state index >= 15 is 0 Å². The van der Waals surface area contributed by atoms with Crippen LogP contribution in [-0.4, -0.2) is 31.1 Å². The summed E-state index contributed by atoms with van der Waals surface area (Å²) < 4.78 is 0. The Kier molecular flexibility index (Phi) is 3.64. The number of carbonyl (C=O) groups is 1. The van der Waals surface area contributed by atoms with Crippen LogP contribution in [0.5, 0.6) is 0 Å². The first-order chi connectivity index (χ1) is 8.22. The molecule has 1 aromatic carbocycles. The lowest BCUT2D eigenvalue weighted by Crippen LogP contribution is -2.32. The highest BCUT2D eigenvalue weighted by Crippen LogP contribution is 2.23. The zero-order valence-electron chi connectivity index (χ0n) is 10.4. The molecule has 0 atom stereocenters. The largest absolute Gasteiger partial charge is 0.328 e. The molecular formula is C13H19N3O. The number of benzene rings is 1. The highest BCUT2D eigenvalue weighted by molar-refractivity contribution is 5.90. The normalized spacial score (nSPS) is 14.0. The van der Waals surface area contributed by atoms with Gasteiger partial charge in [-0.05, 0) is 37.1 Å². The quantitative estimate of drug-likeness (QED) is 0.818. The van der Waals surface area contributed by atoms with Gasteiger partial charge in [-0.25, -0.2) is 4.79 Å². The first-order valence-corrected chi connectivity index (χ1v) is 6.06. The van der Waals surface area contributed by atoms with E-state index in [4.69, 9.17) is 0 Å². The molecule has 92 valence electrons. The molecule has 1 aliphatic rings. The standard InChI is InChI=1S/C13H19N3O/c1-3-16(2)13(17)15-12-6-4-5-10-7-8-14-9-11(10)12/h4-6,14H,3,7-9H2,1-2H3,(H,15,17). The lowest BCUT2D eigenvalue weighted by atomic mass is 9.99. The van der Waals surface area contributed by atoms with Gasteiger partial charge in [-0.3, -0.25) is 0 Å². The molecule has 0 aliphatic carbocycles. The summed E-state index contributed by atoms with van der Waals surface area (Å²) >= 11 is 0. The van der Waals surface area contributed by atoms with Crippen molar-refractivity contribution in [2.75, 3.05) is 25.5 Å². The zero-order chi connectivity index (χ0) is 12.3. The highest BCUT2D eigenvalue weighted by atomic mass is 16.2. The number of carbonyl (C=O) groups excluding carboxylic acids is 1. The predicted octanol–water partition coefficient (Wildman–Crippen LogP) is 1.82. The predicted molar refractivity (Wildman–Crippen MR) is 69.2 cm³/mol. The van der Waals surface area contributed by atoms with Crippen molar-refractivity contribution in [3.8, 4) is 0 Å². The third-order valence-corrected chi connectivity index (χ3v) is 3.21. The monoisotopic (exact) mass is 233 g/mol. The van der Waals surface area contributed by atoms with Gasteiger partial charge in [0.25, 0.3) is 0 Å². The Hall–Kier alpha value is -1.55. The topological polar surface area (TPSA) is 44.4 Å². The average Bonchev–Trinajstić information content (AvgIpc) is 2.38. The molecule has 0 bridgehead atoms. The fourth-order valence-electron chi connectivity index (χ4n) is 1.99. The first kappa shape index (κ1) is 11.9. The number of nitrogens with one attached hydrogen (secondary N) is 2. The molecule has 1 aliphatic heterocycles. The Morgan fingerprint density at radius 1 is 1.53 bits per heavy atom. The number of rotatable bonds is 2. The van der Waals surface area contributed by atoms with Crippen LogP contribution in [0.4, 0.5) is 10.5 Å². The van der Waals surface area contributed by atoms with Gasteiger partial charge in [0.1, 0.15) is 0 Å². The Morgan fingerprint density at radius 3 is 3.12 bits per heavy atom. The minimum absolute atomic E-state index is 0.0496. The van der Waals surface area contributed by atoms with Gasteiger partial charge in [0.2, 0.25) is 0 Å². The van der Waals surface area contributed by atoms with Gasteiger partial charge in [-0.15, -0.1) is 0 Å². The van der Waals surface area contributed by atoms with E-state index in [1.807, 2.05) is 19.1 Å². The molecule has 0 saturated carbocycles. The lowest BCUT2D eigenvalue weighted by molar-refractivity contribution is 0.224. The van der Waals surface area contributed by atoms with E-state index in [2.05, 4.69) is 16.7 Å². The van der Waals surface area contributed by atoms with Crippen molar-refractivity contribution in [1.82, 2.24) is 10.2 Å². The minimum atomic E-state index is -0.0496. The van der Waals surface area contributed by atoms with Crippen LogP contribution in [0.1, 0.15) is 18.1 Å². The molecule has 0 saturated heterocycles. The summed E-state index contributed by atoms with van der Waals surface area (Å²) in [5.41, 5.74) is 3.48. The van der Waals surface area contributed by atoms with Crippen LogP contribution in [-0.2, 0) is 13.0 Å². The smallest absolute Gasteiger partial charge is 0.321 e. The SMILES string of the molecule is CCN(C)C(=O)Nc1cccc2c1CNCC2. The van der Waals surface area contributed by atoms with E-state index in [0.717, 1.165) is 25.2 Å². The summed E-state index contributed by atoms with van der Waals surface area (Å²) in [6.45, 7) is 4.52. The summed E-state index contributed by atoms with van der Waals surface area (Å²) in [4.78, 5) is 13.5.